The molecule has 5 atom stereocenters. The fourth-order valence-electron chi connectivity index (χ4n) is 3.98. The molecular weight excluding hydrogens is 492 g/mol. The van der Waals surface area contributed by atoms with Gasteiger partial charge < -0.3 is 34.6 Å². The third-order valence-electron chi connectivity index (χ3n) is 5.49. The minimum Gasteiger partial charge on any atom is -0.481 e. The number of aliphatic hydroxyl groups is 1. The molecule has 0 amide bonds. The van der Waals surface area contributed by atoms with Crippen LogP contribution in [0.25, 0.3) is 0 Å². The van der Waals surface area contributed by atoms with Gasteiger partial charge in [-0.3, -0.25) is 14.4 Å². The number of halogens is 4. The maximum atomic E-state index is 14.5. The molecular formula is C20H20F4O11. The Kier molecular flexibility index (Phi) is 8.98. The number of carboxylic acid groups (broad SMARTS) is 3. The van der Waals surface area contributed by atoms with Crippen LogP contribution in [0.15, 0.2) is 0 Å². The maximum absolute atomic E-state index is 14.5. The lowest BCUT2D eigenvalue weighted by molar-refractivity contribution is -0.234. The SMILES string of the molecule is COC(=O)[C@H]1O[C@@H](Oc2c(F)c(F)c(CO)c(F)c2F)[C@H](CC(=O)O)[C@@H](CC(=O)O)[C@@H]1CC(=O)O. The molecule has 0 aromatic heterocycles. The number of methoxy groups -OCH3 is 1. The Hall–Kier alpha value is -3.46. The van der Waals surface area contributed by atoms with Gasteiger partial charge in [-0.15, -0.1) is 0 Å². The van der Waals surface area contributed by atoms with Crippen LogP contribution < -0.4 is 4.74 Å². The van der Waals surface area contributed by atoms with E-state index in [0.717, 1.165) is 7.11 Å². The number of rotatable bonds is 10. The molecule has 0 aliphatic carbocycles. The van der Waals surface area contributed by atoms with Gasteiger partial charge in [0.2, 0.25) is 17.9 Å². The minimum atomic E-state index is -2.19. The van der Waals surface area contributed by atoms with Gasteiger partial charge in [-0.2, -0.15) is 8.78 Å². The lowest BCUT2D eigenvalue weighted by atomic mass is 9.71. The van der Waals surface area contributed by atoms with Crippen LogP contribution in [0, 0.1) is 41.0 Å². The first-order valence-corrected chi connectivity index (χ1v) is 9.84. The predicted molar refractivity (Wildman–Crippen MR) is 101 cm³/mol. The number of ether oxygens (including phenoxy) is 3. The summed E-state index contributed by atoms with van der Waals surface area (Å²) >= 11 is 0. The topological polar surface area (TPSA) is 177 Å². The summed E-state index contributed by atoms with van der Waals surface area (Å²) in [7, 11) is 0.868. The van der Waals surface area contributed by atoms with E-state index in [1.165, 1.54) is 0 Å². The first kappa shape index (κ1) is 27.8. The van der Waals surface area contributed by atoms with Gasteiger partial charge in [0.1, 0.15) is 0 Å². The van der Waals surface area contributed by atoms with Gasteiger partial charge in [0, 0.05) is 18.3 Å². The maximum Gasteiger partial charge on any atom is 0.335 e. The molecule has 1 aromatic rings. The fourth-order valence-corrected chi connectivity index (χ4v) is 3.98. The molecule has 15 heteroatoms. The second kappa shape index (κ2) is 11.3. The molecule has 1 saturated heterocycles. The van der Waals surface area contributed by atoms with E-state index in [1.807, 2.05) is 0 Å². The molecule has 0 radical (unpaired) electrons. The van der Waals surface area contributed by atoms with Crippen LogP contribution in [-0.2, 0) is 35.3 Å². The number of carbonyl (C=O) groups is 4. The smallest absolute Gasteiger partial charge is 0.335 e. The van der Waals surface area contributed by atoms with Gasteiger partial charge in [0.15, 0.2) is 23.5 Å². The molecule has 1 aliphatic rings. The van der Waals surface area contributed by atoms with E-state index in [0.29, 0.717) is 0 Å². The van der Waals surface area contributed by atoms with Crippen molar-refractivity contribution in [3.63, 3.8) is 0 Å². The minimum absolute atomic E-state index is 0.868. The summed E-state index contributed by atoms with van der Waals surface area (Å²) in [6, 6.07) is 0. The molecule has 0 spiro atoms. The van der Waals surface area contributed by atoms with Gasteiger partial charge in [0.05, 0.1) is 32.1 Å². The highest BCUT2D eigenvalue weighted by molar-refractivity contribution is 5.77. The second-order valence-electron chi connectivity index (χ2n) is 7.57. The molecule has 0 unspecified atom stereocenters. The molecule has 0 bridgehead atoms. The number of carboxylic acids is 3. The zero-order valence-electron chi connectivity index (χ0n) is 17.9. The summed E-state index contributed by atoms with van der Waals surface area (Å²) in [5, 5.41) is 36.8. The summed E-state index contributed by atoms with van der Waals surface area (Å²) in [5.41, 5.74) is -1.36. The van der Waals surface area contributed by atoms with Gasteiger partial charge in [-0.05, 0) is 5.92 Å². The summed E-state index contributed by atoms with van der Waals surface area (Å²) < 4.78 is 71.9. The number of aliphatic carboxylic acids is 3. The lowest BCUT2D eigenvalue weighted by Gasteiger charge is -2.44. The Morgan fingerprint density at radius 2 is 1.26 bits per heavy atom. The first-order chi connectivity index (χ1) is 16.3. The van der Waals surface area contributed by atoms with Crippen LogP contribution in [0.2, 0.25) is 0 Å². The van der Waals surface area contributed by atoms with E-state index in [9.17, 15) is 52.1 Å². The Labute approximate surface area is 193 Å². The van der Waals surface area contributed by atoms with Crippen LogP contribution in [0.3, 0.4) is 0 Å². The Bertz CT molecular complexity index is 986. The molecule has 1 heterocycles. The van der Waals surface area contributed by atoms with E-state index in [4.69, 9.17) is 14.6 Å². The van der Waals surface area contributed by atoms with Gasteiger partial charge in [0.25, 0.3) is 0 Å². The van der Waals surface area contributed by atoms with Gasteiger partial charge in [-0.25, -0.2) is 13.6 Å². The average Bonchev–Trinajstić information content (AvgIpc) is 2.77. The third-order valence-corrected chi connectivity index (χ3v) is 5.49. The van der Waals surface area contributed by atoms with E-state index >= 15 is 0 Å². The van der Waals surface area contributed by atoms with Crippen LogP contribution in [0.4, 0.5) is 17.6 Å². The van der Waals surface area contributed by atoms with Gasteiger partial charge in [-0.1, -0.05) is 0 Å². The molecule has 194 valence electrons. The second-order valence-corrected chi connectivity index (χ2v) is 7.57. The standard InChI is InChI=1S/C20H20F4O11/c1-33-19(32)17-7(3-11(28)29)6(2-10(26)27)8(4-12(30)31)20(34-17)35-18-15(23)13(21)9(5-25)14(22)16(18)24/h6-8,17,20,25H,2-5H2,1H3,(H,26,27)(H,28,29)(H,30,31)/t6-,7-,8+,17-,20-/m0/s1. The van der Waals surface area contributed by atoms with Crippen LogP contribution in [-0.4, -0.2) is 63.8 Å². The summed E-state index contributed by atoms with van der Waals surface area (Å²) in [6.45, 7) is -1.42. The van der Waals surface area contributed by atoms with Gasteiger partial charge >= 0.3 is 23.9 Å². The van der Waals surface area contributed by atoms with E-state index in [2.05, 4.69) is 4.74 Å². The van der Waals surface area contributed by atoms with Crippen LogP contribution in [0.1, 0.15) is 24.8 Å². The number of carbonyl (C=O) groups excluding carboxylic acids is 1. The molecule has 1 aromatic carbocycles. The largest absolute Gasteiger partial charge is 0.481 e. The summed E-state index contributed by atoms with van der Waals surface area (Å²) in [4.78, 5) is 46.6. The molecule has 35 heavy (non-hydrogen) atoms. The molecule has 4 N–H and O–H groups in total. The van der Waals surface area contributed by atoms with E-state index in [1.54, 1.807) is 0 Å². The number of esters is 1. The van der Waals surface area contributed by atoms with Crippen molar-refractivity contribution in [1.29, 1.82) is 0 Å². The van der Waals surface area contributed by atoms with Crippen molar-refractivity contribution in [2.24, 2.45) is 17.8 Å². The average molecular weight is 512 g/mol. The highest BCUT2D eigenvalue weighted by Crippen LogP contribution is 2.43. The number of benzene rings is 1. The quantitative estimate of drug-likeness (QED) is 0.202. The molecule has 1 fully saturated rings. The predicted octanol–water partition coefficient (Wildman–Crippen LogP) is 1.28. The Morgan fingerprint density at radius 3 is 1.69 bits per heavy atom. The zero-order chi connectivity index (χ0) is 26.6. The Balaban J connectivity index is 2.66. The highest BCUT2D eigenvalue weighted by Gasteiger charge is 2.52. The summed E-state index contributed by atoms with van der Waals surface area (Å²) in [6.07, 6.45) is -6.92. The van der Waals surface area contributed by atoms with Crippen molar-refractivity contribution >= 4 is 23.9 Å². The van der Waals surface area contributed by atoms with Crippen molar-refractivity contribution < 1.29 is 71.4 Å². The van der Waals surface area contributed by atoms with Crippen molar-refractivity contribution in [3.8, 4) is 5.75 Å². The monoisotopic (exact) mass is 512 g/mol. The van der Waals surface area contributed by atoms with Crippen LogP contribution >= 0.6 is 0 Å². The molecule has 2 rings (SSSR count). The summed E-state index contributed by atoms with van der Waals surface area (Å²) in [5.74, 6) is -20.6. The van der Waals surface area contributed by atoms with E-state index < -0.39 is 114 Å². The zero-order valence-corrected chi connectivity index (χ0v) is 17.9. The molecule has 0 saturated carbocycles. The Morgan fingerprint density at radius 1 is 0.800 bits per heavy atom. The van der Waals surface area contributed by atoms with E-state index in [-0.39, 0.29) is 0 Å². The third kappa shape index (κ3) is 5.97. The normalized spacial score (nSPS) is 24.0. The first-order valence-electron chi connectivity index (χ1n) is 9.84. The molecule has 1 aliphatic heterocycles. The molecule has 11 nitrogen and oxygen atoms in total. The van der Waals surface area contributed by atoms with Crippen molar-refractivity contribution in [2.45, 2.75) is 38.3 Å². The fraction of sp³-hybridized carbons (Fsp3) is 0.500. The van der Waals surface area contributed by atoms with Crippen LogP contribution in [0.5, 0.6) is 5.75 Å². The highest BCUT2D eigenvalue weighted by atomic mass is 19.2. The van der Waals surface area contributed by atoms with Crippen molar-refractivity contribution in [3.05, 3.63) is 28.8 Å². The number of hydrogen-bond acceptors (Lipinski definition) is 8. The van der Waals surface area contributed by atoms with Crippen molar-refractivity contribution in [1.82, 2.24) is 0 Å². The van der Waals surface area contributed by atoms with Crippen molar-refractivity contribution in [2.75, 3.05) is 7.11 Å². The number of aliphatic hydroxyl groups excluding tert-OH is 1. The lowest BCUT2D eigenvalue weighted by Crippen LogP contribution is -2.54. The number of hydrogen-bond donors (Lipinski definition) is 4.